The molecule has 186 valence electrons. The lowest BCUT2D eigenvalue weighted by molar-refractivity contribution is 0.276. The number of nitriles is 2. The van der Waals surface area contributed by atoms with Crippen LogP contribution < -0.4 is 5.32 Å². The number of aromatic nitrogens is 1. The quantitative estimate of drug-likeness (QED) is 0.480. The average molecular weight is 480 g/mol. The molecule has 5 heteroatoms. The van der Waals surface area contributed by atoms with Crippen molar-refractivity contribution in [3.8, 4) is 12.1 Å². The van der Waals surface area contributed by atoms with Gasteiger partial charge in [-0.3, -0.25) is 4.99 Å². The standard InChI is InChI=1S/C31H37N5/c1-18-19(2)23(16-32)10-22(18)11-26-20(3)21(4)27(35-26)12-24-14-29(5,6)28(34-24)13-25-15-30(7,8)31(9,17-33)36-25/h10-13,34-35H,14-15H2,1-9H3/b22-11+,24-12-,28-13-. The summed E-state index contributed by atoms with van der Waals surface area (Å²) in [4.78, 5) is 8.42. The summed E-state index contributed by atoms with van der Waals surface area (Å²) in [6.07, 6.45) is 10.2. The molecule has 1 fully saturated rings. The SMILES string of the molecule is CC1=C(C)/C(=C/c2[nH]c(/C=C3/CC(C)(C)/C(=C/C4=NC(C)(C#N)C(C)(C)C4)N3)c(C)c2C)C=C1C#N. The Morgan fingerprint density at radius 2 is 1.53 bits per heavy atom. The third-order valence-corrected chi connectivity index (χ3v) is 8.57. The van der Waals surface area contributed by atoms with E-state index in [1.165, 1.54) is 11.1 Å². The van der Waals surface area contributed by atoms with Crippen molar-refractivity contribution in [2.24, 2.45) is 15.8 Å². The molecule has 0 bridgehead atoms. The van der Waals surface area contributed by atoms with E-state index in [9.17, 15) is 10.5 Å². The highest BCUT2D eigenvalue weighted by Gasteiger charge is 2.47. The lowest BCUT2D eigenvalue weighted by atomic mass is 9.74. The fraction of sp³-hybridized carbons (Fsp3) is 0.452. The van der Waals surface area contributed by atoms with E-state index in [2.05, 4.69) is 89.1 Å². The number of aliphatic imine (C=N–C) groups is 1. The van der Waals surface area contributed by atoms with Crippen LogP contribution in [0.4, 0.5) is 0 Å². The minimum absolute atomic E-state index is 0.0494. The third kappa shape index (κ3) is 4.18. The lowest BCUT2D eigenvalue weighted by Crippen LogP contribution is -2.34. The third-order valence-electron chi connectivity index (χ3n) is 8.57. The predicted molar refractivity (Wildman–Crippen MR) is 148 cm³/mol. The van der Waals surface area contributed by atoms with Crippen molar-refractivity contribution < 1.29 is 0 Å². The van der Waals surface area contributed by atoms with Gasteiger partial charge >= 0.3 is 0 Å². The maximum atomic E-state index is 9.71. The van der Waals surface area contributed by atoms with E-state index >= 15 is 0 Å². The van der Waals surface area contributed by atoms with Crippen LogP contribution in [0.3, 0.4) is 0 Å². The summed E-state index contributed by atoms with van der Waals surface area (Å²) < 4.78 is 0. The van der Waals surface area contributed by atoms with Crippen molar-refractivity contribution in [2.45, 2.75) is 80.7 Å². The van der Waals surface area contributed by atoms with Crippen molar-refractivity contribution in [1.82, 2.24) is 10.3 Å². The first-order chi connectivity index (χ1) is 16.7. The van der Waals surface area contributed by atoms with Crippen molar-refractivity contribution in [2.75, 3.05) is 0 Å². The van der Waals surface area contributed by atoms with E-state index in [-0.39, 0.29) is 10.8 Å². The Balaban J connectivity index is 1.64. The number of hydrogen-bond donors (Lipinski definition) is 2. The molecular formula is C31H37N5. The van der Waals surface area contributed by atoms with Gasteiger partial charge in [0.05, 0.1) is 17.7 Å². The van der Waals surface area contributed by atoms with Gasteiger partial charge in [0.2, 0.25) is 0 Å². The Kier molecular flexibility index (Phi) is 6.04. The number of hydrogen-bond acceptors (Lipinski definition) is 4. The number of nitrogens with zero attached hydrogens (tertiary/aromatic N) is 3. The van der Waals surface area contributed by atoms with Crippen LogP contribution >= 0.6 is 0 Å². The molecule has 1 aliphatic carbocycles. The first kappa shape index (κ1) is 25.5. The molecule has 3 aliphatic rings. The summed E-state index contributed by atoms with van der Waals surface area (Å²) in [6, 6.07) is 4.71. The van der Waals surface area contributed by atoms with E-state index in [1.807, 2.05) is 19.9 Å². The molecule has 1 aromatic heterocycles. The molecule has 0 amide bonds. The molecule has 1 saturated heterocycles. The monoisotopic (exact) mass is 479 g/mol. The van der Waals surface area contributed by atoms with Crippen LogP contribution in [0.15, 0.2) is 50.8 Å². The molecule has 1 unspecified atom stereocenters. The van der Waals surface area contributed by atoms with Crippen molar-refractivity contribution >= 4 is 17.9 Å². The van der Waals surface area contributed by atoms with Crippen LogP contribution in [0.2, 0.25) is 0 Å². The average Bonchev–Trinajstić information content (AvgIpc) is 3.41. The van der Waals surface area contributed by atoms with Gasteiger partial charge in [-0.25, -0.2) is 0 Å². The first-order valence-electron chi connectivity index (χ1n) is 12.6. The normalized spacial score (nSPS) is 27.9. The summed E-state index contributed by atoms with van der Waals surface area (Å²) in [5.74, 6) is 0. The van der Waals surface area contributed by atoms with Crippen molar-refractivity contribution in [1.29, 1.82) is 10.5 Å². The minimum Gasteiger partial charge on any atom is -0.362 e. The summed E-state index contributed by atoms with van der Waals surface area (Å²) in [5, 5.41) is 22.8. The number of rotatable bonds is 3. The van der Waals surface area contributed by atoms with Gasteiger partial charge in [-0.15, -0.1) is 0 Å². The maximum absolute atomic E-state index is 9.71. The summed E-state index contributed by atoms with van der Waals surface area (Å²) in [7, 11) is 0. The van der Waals surface area contributed by atoms with Crippen LogP contribution in [0.5, 0.6) is 0 Å². The Hall–Kier alpha value is -3.57. The van der Waals surface area contributed by atoms with E-state index < -0.39 is 5.54 Å². The Bertz CT molecular complexity index is 1420. The molecule has 36 heavy (non-hydrogen) atoms. The van der Waals surface area contributed by atoms with Crippen LogP contribution in [-0.2, 0) is 0 Å². The zero-order valence-electron chi connectivity index (χ0n) is 23.1. The van der Waals surface area contributed by atoms with E-state index in [1.54, 1.807) is 0 Å². The smallest absolute Gasteiger partial charge is 0.149 e. The summed E-state index contributed by atoms with van der Waals surface area (Å²) in [5.41, 5.74) is 11.0. The molecule has 3 heterocycles. The number of allylic oxidation sites excluding steroid dienone is 8. The van der Waals surface area contributed by atoms with Gasteiger partial charge in [0.1, 0.15) is 5.54 Å². The number of H-pyrrole nitrogens is 1. The van der Waals surface area contributed by atoms with Gasteiger partial charge in [0, 0.05) is 39.3 Å². The van der Waals surface area contributed by atoms with Gasteiger partial charge in [-0.2, -0.15) is 10.5 Å². The summed E-state index contributed by atoms with van der Waals surface area (Å²) >= 11 is 0. The zero-order chi connectivity index (χ0) is 26.6. The second-order valence-electron chi connectivity index (χ2n) is 12.0. The molecule has 2 aliphatic heterocycles. The van der Waals surface area contributed by atoms with Gasteiger partial charge in [0.15, 0.2) is 0 Å². The van der Waals surface area contributed by atoms with E-state index in [0.717, 1.165) is 63.6 Å². The zero-order valence-corrected chi connectivity index (χ0v) is 23.1. The van der Waals surface area contributed by atoms with E-state index in [0.29, 0.717) is 0 Å². The molecule has 1 aromatic rings. The minimum atomic E-state index is -0.695. The lowest BCUT2D eigenvalue weighted by Gasteiger charge is -2.29. The van der Waals surface area contributed by atoms with Gasteiger partial charge in [-0.1, -0.05) is 27.7 Å². The fourth-order valence-electron chi connectivity index (χ4n) is 5.22. The highest BCUT2D eigenvalue weighted by Crippen LogP contribution is 2.45. The summed E-state index contributed by atoms with van der Waals surface area (Å²) in [6.45, 7) is 19.0. The Morgan fingerprint density at radius 1 is 0.889 bits per heavy atom. The Labute approximate surface area is 215 Å². The predicted octanol–water partition coefficient (Wildman–Crippen LogP) is 7.21. The maximum Gasteiger partial charge on any atom is 0.149 e. The second kappa shape index (κ2) is 8.52. The largest absolute Gasteiger partial charge is 0.362 e. The fourth-order valence-corrected chi connectivity index (χ4v) is 5.22. The molecule has 0 spiro atoms. The highest BCUT2D eigenvalue weighted by atomic mass is 15.0. The molecule has 4 rings (SSSR count). The van der Waals surface area contributed by atoms with Crippen LogP contribution in [0.25, 0.3) is 12.2 Å². The number of aromatic amines is 1. The van der Waals surface area contributed by atoms with Crippen LogP contribution in [0, 0.1) is 47.3 Å². The molecular weight excluding hydrogens is 442 g/mol. The van der Waals surface area contributed by atoms with Gasteiger partial charge in [0.25, 0.3) is 0 Å². The van der Waals surface area contributed by atoms with Crippen molar-refractivity contribution in [3.63, 3.8) is 0 Å². The van der Waals surface area contributed by atoms with Crippen molar-refractivity contribution in [3.05, 3.63) is 68.4 Å². The molecule has 0 radical (unpaired) electrons. The Morgan fingerprint density at radius 3 is 2.08 bits per heavy atom. The molecule has 2 N–H and O–H groups in total. The second-order valence-corrected chi connectivity index (χ2v) is 12.0. The molecule has 5 nitrogen and oxygen atoms in total. The topological polar surface area (TPSA) is 87.8 Å². The molecule has 1 atom stereocenters. The van der Waals surface area contributed by atoms with Gasteiger partial charge < -0.3 is 10.3 Å². The first-order valence-corrected chi connectivity index (χ1v) is 12.6. The highest BCUT2D eigenvalue weighted by molar-refractivity contribution is 5.98. The molecule has 0 saturated carbocycles. The van der Waals surface area contributed by atoms with Crippen LogP contribution in [-0.4, -0.2) is 16.2 Å². The van der Waals surface area contributed by atoms with Gasteiger partial charge in [-0.05, 0) is 99.6 Å². The molecule has 0 aromatic carbocycles. The van der Waals surface area contributed by atoms with Crippen LogP contribution in [0.1, 0.15) is 83.8 Å². The van der Waals surface area contributed by atoms with E-state index in [4.69, 9.17) is 4.99 Å². The number of nitrogens with one attached hydrogen (secondary N) is 2.